The Morgan fingerprint density at radius 1 is 1.50 bits per heavy atom. The molecule has 2 saturated heterocycles. The van der Waals surface area contributed by atoms with Crippen molar-refractivity contribution < 1.29 is 5.11 Å². The van der Waals surface area contributed by atoms with E-state index in [4.69, 9.17) is 0 Å². The fraction of sp³-hybridized carbons (Fsp3) is 0.727. The molecule has 2 aliphatic heterocycles. The maximum atomic E-state index is 10.8. The summed E-state index contributed by atoms with van der Waals surface area (Å²) in [5.74, 6) is 0. The molecule has 3 rings (SSSR count). The van der Waals surface area contributed by atoms with E-state index >= 15 is 0 Å². The predicted molar refractivity (Wildman–Crippen MR) is 64.0 cm³/mol. The Kier molecular flexibility index (Phi) is 2.38. The minimum Gasteiger partial charge on any atom is -0.383 e. The molecule has 0 saturated carbocycles. The van der Waals surface area contributed by atoms with Crippen molar-refractivity contribution in [1.29, 1.82) is 0 Å². The number of hydrogen-bond donors (Lipinski definition) is 2. The zero-order chi connectivity index (χ0) is 11.3. The first-order valence-electron chi connectivity index (χ1n) is 5.75. The Bertz CT molecular complexity index is 386. The van der Waals surface area contributed by atoms with Crippen LogP contribution in [0.15, 0.2) is 10.7 Å². The van der Waals surface area contributed by atoms with Crippen LogP contribution in [-0.2, 0) is 12.6 Å². The number of hydrogen-bond acceptors (Lipinski definition) is 3. The van der Waals surface area contributed by atoms with Crippen molar-refractivity contribution in [2.75, 3.05) is 0 Å². The smallest absolute Gasteiger partial charge is 0.110 e. The van der Waals surface area contributed by atoms with Crippen LogP contribution in [0.1, 0.15) is 31.4 Å². The topological polar surface area (TPSA) is 50.1 Å². The summed E-state index contributed by atoms with van der Waals surface area (Å²) in [7, 11) is 1.89. The molecule has 88 valence electrons. The van der Waals surface area contributed by atoms with Crippen LogP contribution in [0.25, 0.3) is 0 Å². The quantitative estimate of drug-likeness (QED) is 0.818. The van der Waals surface area contributed by atoms with Crippen LogP contribution in [0, 0.1) is 0 Å². The molecule has 2 atom stereocenters. The van der Waals surface area contributed by atoms with Gasteiger partial charge in [0.1, 0.15) is 5.60 Å². The van der Waals surface area contributed by atoms with Crippen LogP contribution in [0.3, 0.4) is 0 Å². The first kappa shape index (κ1) is 10.7. The summed E-state index contributed by atoms with van der Waals surface area (Å²) in [6.07, 6.45) is 5.71. The van der Waals surface area contributed by atoms with Crippen LogP contribution < -0.4 is 5.32 Å². The second kappa shape index (κ2) is 3.55. The first-order valence-corrected chi connectivity index (χ1v) is 6.54. The maximum Gasteiger partial charge on any atom is 0.110 e. The molecule has 3 heterocycles. The van der Waals surface area contributed by atoms with Gasteiger partial charge in [-0.3, -0.25) is 4.68 Å². The number of nitrogens with zero attached hydrogens (tertiary/aromatic N) is 2. The van der Waals surface area contributed by atoms with Crippen molar-refractivity contribution in [1.82, 2.24) is 15.1 Å². The van der Waals surface area contributed by atoms with Gasteiger partial charge in [-0.05, 0) is 41.6 Å². The highest BCUT2D eigenvalue weighted by molar-refractivity contribution is 9.10. The third-order valence-electron chi connectivity index (χ3n) is 3.84. The highest BCUT2D eigenvalue weighted by atomic mass is 79.9. The van der Waals surface area contributed by atoms with Gasteiger partial charge in [-0.25, -0.2) is 0 Å². The summed E-state index contributed by atoms with van der Waals surface area (Å²) in [5.41, 5.74) is 0.201. The fourth-order valence-electron chi connectivity index (χ4n) is 3.25. The molecule has 1 aromatic heterocycles. The van der Waals surface area contributed by atoms with Crippen LogP contribution in [0.4, 0.5) is 0 Å². The Hall–Kier alpha value is -0.390. The van der Waals surface area contributed by atoms with Gasteiger partial charge in [0.05, 0.1) is 16.4 Å². The number of aromatic nitrogens is 2. The van der Waals surface area contributed by atoms with E-state index in [0.717, 1.165) is 23.0 Å². The molecular formula is C11H16BrN3O. The van der Waals surface area contributed by atoms with Gasteiger partial charge < -0.3 is 10.4 Å². The van der Waals surface area contributed by atoms with Crippen molar-refractivity contribution in [2.45, 2.75) is 43.4 Å². The first-order chi connectivity index (χ1) is 7.58. The molecule has 1 aromatic rings. The molecule has 5 heteroatoms. The van der Waals surface area contributed by atoms with Gasteiger partial charge in [-0.1, -0.05) is 0 Å². The van der Waals surface area contributed by atoms with Crippen LogP contribution >= 0.6 is 15.9 Å². The Morgan fingerprint density at radius 2 is 2.12 bits per heavy atom. The van der Waals surface area contributed by atoms with E-state index in [9.17, 15) is 5.11 Å². The lowest BCUT2D eigenvalue weighted by Crippen LogP contribution is -2.47. The van der Waals surface area contributed by atoms with E-state index in [1.165, 1.54) is 12.8 Å². The van der Waals surface area contributed by atoms with Gasteiger partial charge in [0.2, 0.25) is 0 Å². The number of halogens is 1. The third kappa shape index (κ3) is 1.53. The molecule has 0 aromatic carbocycles. The average Bonchev–Trinajstić information content (AvgIpc) is 2.71. The minimum absolute atomic E-state index is 0.463. The zero-order valence-corrected chi connectivity index (χ0v) is 10.9. The standard InChI is InChI=1S/C11H16BrN3O/c1-15-10(9(12)6-13-15)11(16)4-7-2-3-8(5-11)14-7/h6-8,14,16H,2-5H2,1H3. The molecule has 0 aliphatic carbocycles. The molecule has 0 radical (unpaired) electrons. The van der Waals surface area contributed by atoms with Gasteiger partial charge >= 0.3 is 0 Å². The Morgan fingerprint density at radius 3 is 2.62 bits per heavy atom. The number of fused-ring (bicyclic) bond motifs is 2. The summed E-state index contributed by atoms with van der Waals surface area (Å²) in [6, 6.07) is 0.927. The third-order valence-corrected chi connectivity index (χ3v) is 4.42. The number of aliphatic hydroxyl groups is 1. The van der Waals surface area contributed by atoms with E-state index in [1.54, 1.807) is 10.9 Å². The SMILES string of the molecule is Cn1ncc(Br)c1C1(O)CC2CCC(C1)N2. The molecule has 4 nitrogen and oxygen atoms in total. The number of aryl methyl sites for hydroxylation is 1. The second-order valence-corrected chi connectivity index (χ2v) is 5.90. The van der Waals surface area contributed by atoms with Crippen LogP contribution in [0.2, 0.25) is 0 Å². The van der Waals surface area contributed by atoms with Crippen molar-refractivity contribution in [3.05, 3.63) is 16.4 Å². The molecule has 2 N–H and O–H groups in total. The second-order valence-electron chi connectivity index (χ2n) is 5.04. The summed E-state index contributed by atoms with van der Waals surface area (Å²) in [5, 5.41) is 18.6. The van der Waals surface area contributed by atoms with Gasteiger partial charge in [0.15, 0.2) is 0 Å². The monoisotopic (exact) mass is 285 g/mol. The van der Waals surface area contributed by atoms with Crippen molar-refractivity contribution in [3.8, 4) is 0 Å². The molecule has 0 amide bonds. The summed E-state index contributed by atoms with van der Waals surface area (Å²) in [4.78, 5) is 0. The highest BCUT2D eigenvalue weighted by Crippen LogP contribution is 2.42. The average molecular weight is 286 g/mol. The Balaban J connectivity index is 1.99. The van der Waals surface area contributed by atoms with E-state index in [0.29, 0.717) is 12.1 Å². The number of rotatable bonds is 1. The van der Waals surface area contributed by atoms with Crippen LogP contribution in [0.5, 0.6) is 0 Å². The van der Waals surface area contributed by atoms with Gasteiger partial charge in [-0.2, -0.15) is 5.10 Å². The lowest BCUT2D eigenvalue weighted by molar-refractivity contribution is -0.0190. The molecule has 2 unspecified atom stereocenters. The van der Waals surface area contributed by atoms with E-state index < -0.39 is 5.60 Å². The number of piperidine rings is 1. The van der Waals surface area contributed by atoms with E-state index in [2.05, 4.69) is 26.3 Å². The fourth-order valence-corrected chi connectivity index (χ4v) is 3.97. The highest BCUT2D eigenvalue weighted by Gasteiger charge is 2.45. The van der Waals surface area contributed by atoms with Gasteiger partial charge in [0.25, 0.3) is 0 Å². The summed E-state index contributed by atoms with van der Waals surface area (Å²) >= 11 is 3.48. The van der Waals surface area contributed by atoms with E-state index in [1.807, 2.05) is 7.05 Å². The van der Waals surface area contributed by atoms with Gasteiger partial charge in [-0.15, -0.1) is 0 Å². The normalized spacial score (nSPS) is 37.9. The maximum absolute atomic E-state index is 10.8. The molecule has 2 aliphatic rings. The van der Waals surface area contributed by atoms with E-state index in [-0.39, 0.29) is 0 Å². The molecule has 16 heavy (non-hydrogen) atoms. The minimum atomic E-state index is -0.721. The van der Waals surface area contributed by atoms with Gasteiger partial charge in [0, 0.05) is 19.1 Å². The molecule has 0 spiro atoms. The van der Waals surface area contributed by atoms with Crippen molar-refractivity contribution in [3.63, 3.8) is 0 Å². The largest absolute Gasteiger partial charge is 0.383 e. The van der Waals surface area contributed by atoms with Crippen LogP contribution in [-0.4, -0.2) is 27.0 Å². The Labute approximate surface area is 103 Å². The predicted octanol–water partition coefficient (Wildman–Crippen LogP) is 1.28. The van der Waals surface area contributed by atoms with Crippen molar-refractivity contribution in [2.24, 2.45) is 7.05 Å². The summed E-state index contributed by atoms with van der Waals surface area (Å²) in [6.45, 7) is 0. The number of nitrogens with one attached hydrogen (secondary N) is 1. The lowest BCUT2D eigenvalue weighted by Gasteiger charge is -2.37. The lowest BCUT2D eigenvalue weighted by atomic mass is 9.84. The molecular weight excluding hydrogens is 270 g/mol. The van der Waals surface area contributed by atoms with Crippen molar-refractivity contribution >= 4 is 15.9 Å². The zero-order valence-electron chi connectivity index (χ0n) is 9.28. The summed E-state index contributed by atoms with van der Waals surface area (Å²) < 4.78 is 2.70. The molecule has 2 fully saturated rings. The molecule has 2 bridgehead atoms.